The number of nitrogen functional groups attached to an aromatic ring is 1. The van der Waals surface area contributed by atoms with Crippen molar-refractivity contribution in [1.82, 2.24) is 25.5 Å². The van der Waals surface area contributed by atoms with E-state index in [1.54, 1.807) is 0 Å². The van der Waals surface area contributed by atoms with Crippen LogP contribution >= 0.6 is 0 Å². The molecule has 1 aromatic heterocycles. The van der Waals surface area contributed by atoms with Crippen LogP contribution < -0.4 is 16.4 Å². The molecule has 7 rings (SSSR count). The smallest absolute Gasteiger partial charge is 0.407 e. The van der Waals surface area contributed by atoms with Gasteiger partial charge in [-0.1, -0.05) is 57.0 Å². The molecule has 10 nitrogen and oxygen atoms in total. The first kappa shape index (κ1) is 32.8. The van der Waals surface area contributed by atoms with E-state index in [-0.39, 0.29) is 23.9 Å². The van der Waals surface area contributed by atoms with Crippen LogP contribution in [-0.4, -0.2) is 64.9 Å². The Bertz CT molecular complexity index is 1860. The summed E-state index contributed by atoms with van der Waals surface area (Å²) in [6.07, 6.45) is 10.7. The van der Waals surface area contributed by atoms with E-state index in [2.05, 4.69) is 57.0 Å². The molecule has 3 aromatic carbocycles. The third kappa shape index (κ3) is 6.79. The zero-order valence-electron chi connectivity index (χ0n) is 28.6. The fourth-order valence-corrected chi connectivity index (χ4v) is 8.01. The minimum absolute atomic E-state index is 0.0753. The maximum atomic E-state index is 14.0. The van der Waals surface area contributed by atoms with Crippen LogP contribution in [0.4, 0.5) is 16.2 Å². The number of amides is 2. The number of hydrogen-bond donors (Lipinski definition) is 4. The average molecular weight is 662 g/mol. The lowest BCUT2D eigenvalue weighted by Gasteiger charge is -2.36. The van der Waals surface area contributed by atoms with Gasteiger partial charge in [-0.3, -0.25) is 9.79 Å². The molecule has 256 valence electrons. The summed E-state index contributed by atoms with van der Waals surface area (Å²) >= 11 is 0. The number of alkyl carbamates (subject to hydrolysis) is 1. The summed E-state index contributed by atoms with van der Waals surface area (Å²) in [7, 11) is 1.32. The highest BCUT2D eigenvalue weighted by molar-refractivity contribution is 5.92. The zero-order chi connectivity index (χ0) is 34.1. The van der Waals surface area contributed by atoms with Crippen molar-refractivity contribution in [3.8, 4) is 22.4 Å². The maximum Gasteiger partial charge on any atom is 0.407 e. The van der Waals surface area contributed by atoms with Crippen molar-refractivity contribution in [3.05, 3.63) is 66.6 Å². The summed E-state index contributed by atoms with van der Waals surface area (Å²) in [4.78, 5) is 41.1. The fraction of sp³-hybridized carbons (Fsp3) is 0.436. The number of rotatable bonds is 8. The molecule has 5 atom stereocenters. The Morgan fingerprint density at radius 2 is 1.73 bits per heavy atom. The number of nitrogens with one attached hydrogen (secondary N) is 3. The lowest BCUT2D eigenvalue weighted by atomic mass is 9.84. The highest BCUT2D eigenvalue weighted by Gasteiger charge is 2.46. The molecule has 3 aliphatic rings. The van der Waals surface area contributed by atoms with E-state index < -0.39 is 12.1 Å². The molecule has 5 N–H and O–H groups in total. The Morgan fingerprint density at radius 1 is 1.00 bits per heavy atom. The topological polar surface area (TPSA) is 138 Å². The largest absolute Gasteiger partial charge is 0.453 e. The number of nitrogens with two attached hydrogens (primary N) is 1. The minimum atomic E-state index is -0.667. The lowest BCUT2D eigenvalue weighted by molar-refractivity contribution is -0.137. The van der Waals surface area contributed by atoms with Crippen LogP contribution in [0.1, 0.15) is 70.7 Å². The molecule has 3 heterocycles. The van der Waals surface area contributed by atoms with Gasteiger partial charge in [-0.15, -0.1) is 0 Å². The number of benzene rings is 3. The number of hydrogen-bond acceptors (Lipinski definition) is 7. The highest BCUT2D eigenvalue weighted by atomic mass is 16.5. The summed E-state index contributed by atoms with van der Waals surface area (Å²) in [6.45, 7) is 4.92. The fourth-order valence-electron chi connectivity index (χ4n) is 8.01. The van der Waals surface area contributed by atoms with Gasteiger partial charge in [0.05, 0.1) is 42.5 Å². The number of H-pyrrole nitrogens is 1. The summed E-state index contributed by atoms with van der Waals surface area (Å²) in [5.41, 5.74) is 12.1. The predicted octanol–water partition coefficient (Wildman–Crippen LogP) is 7.15. The number of carbonyl (C=O) groups excluding carboxylic acids is 2. The molecule has 2 saturated heterocycles. The van der Waals surface area contributed by atoms with Gasteiger partial charge in [0.25, 0.3) is 0 Å². The van der Waals surface area contributed by atoms with E-state index in [9.17, 15) is 9.59 Å². The number of nitrogens with zero attached hydrogens (tertiary/aromatic N) is 3. The monoisotopic (exact) mass is 661 g/mol. The van der Waals surface area contributed by atoms with Crippen LogP contribution in [0.5, 0.6) is 0 Å². The zero-order valence-corrected chi connectivity index (χ0v) is 28.6. The Labute approximate surface area is 287 Å². The predicted molar refractivity (Wildman–Crippen MR) is 195 cm³/mol. The molecule has 4 aromatic rings. The average Bonchev–Trinajstić information content (AvgIpc) is 3.89. The van der Waals surface area contributed by atoms with E-state index in [0.717, 1.165) is 77.6 Å². The molecule has 0 radical (unpaired) electrons. The SMILES string of the molecule is COC(=O)N[C@H](C(=O)N1C2CCCCC2C[C@H]1/C=N/c1ccc(-c2ccc3cc(-c4cnc([C@@H]5CCCN5)[nH]4)ccc3c2)cc1N)C(C)C. The van der Waals surface area contributed by atoms with Crippen molar-refractivity contribution in [3.63, 3.8) is 0 Å². The number of anilines is 1. The van der Waals surface area contributed by atoms with Gasteiger partial charge in [0, 0.05) is 17.8 Å². The molecular weight excluding hydrogens is 614 g/mol. The molecular formula is C39H47N7O3. The number of aromatic amines is 1. The number of carbonyl (C=O) groups is 2. The second-order valence-corrected chi connectivity index (χ2v) is 14.2. The van der Waals surface area contributed by atoms with Gasteiger partial charge >= 0.3 is 6.09 Å². The Hall–Kier alpha value is -4.70. The van der Waals surface area contributed by atoms with Crippen LogP contribution in [0.2, 0.25) is 0 Å². The highest BCUT2D eigenvalue weighted by Crippen LogP contribution is 2.40. The van der Waals surface area contributed by atoms with E-state index >= 15 is 0 Å². The van der Waals surface area contributed by atoms with E-state index in [0.29, 0.717) is 23.3 Å². The minimum Gasteiger partial charge on any atom is -0.453 e. The first-order chi connectivity index (χ1) is 23.8. The normalized spacial score (nSPS) is 22.9. The van der Waals surface area contributed by atoms with Gasteiger partial charge in [-0.05, 0) is 96.6 Å². The lowest BCUT2D eigenvalue weighted by Crippen LogP contribution is -2.55. The van der Waals surface area contributed by atoms with Gasteiger partial charge in [-0.2, -0.15) is 0 Å². The van der Waals surface area contributed by atoms with Gasteiger partial charge in [0.15, 0.2) is 0 Å². The molecule has 0 spiro atoms. The number of fused-ring (bicyclic) bond motifs is 2. The van der Waals surface area contributed by atoms with Crippen LogP contribution in [0.15, 0.2) is 65.8 Å². The second-order valence-electron chi connectivity index (χ2n) is 14.2. The molecule has 0 bridgehead atoms. The molecule has 2 unspecified atom stereocenters. The summed E-state index contributed by atoms with van der Waals surface area (Å²) < 4.78 is 4.83. The number of aromatic nitrogens is 2. The standard InChI is InChI=1S/C39H47N7O3/c1-23(2)36(45-39(48)49-3)38(47)46-30(19-29-7-4-5-9-35(29)46)21-42-32-15-14-27(20-31(32)40)25-10-11-26-18-28(13-12-24(26)17-25)34-22-43-37(44-34)33-8-6-16-41-33/h10-15,17-18,20-23,29-30,33,35-36,41H,4-9,16,19,40H2,1-3H3,(H,43,44)(H,45,48)/b42-21+/t29?,30-,33-,35?,36-/m0/s1. The van der Waals surface area contributed by atoms with Crippen molar-refractivity contribution < 1.29 is 14.3 Å². The first-order valence-corrected chi connectivity index (χ1v) is 17.7. The summed E-state index contributed by atoms with van der Waals surface area (Å²) in [5, 5.41) is 8.58. The molecule has 1 aliphatic carbocycles. The van der Waals surface area contributed by atoms with Gasteiger partial charge in [0.1, 0.15) is 11.9 Å². The molecule has 1 saturated carbocycles. The summed E-state index contributed by atoms with van der Waals surface area (Å²) in [5.74, 6) is 1.27. The van der Waals surface area contributed by atoms with E-state index in [1.165, 1.54) is 20.0 Å². The van der Waals surface area contributed by atoms with Crippen molar-refractivity contribution in [2.24, 2.45) is 16.8 Å². The van der Waals surface area contributed by atoms with E-state index in [1.807, 2.05) is 49.4 Å². The third-order valence-electron chi connectivity index (χ3n) is 10.7. The number of imidazole rings is 1. The molecule has 2 aliphatic heterocycles. The van der Waals surface area contributed by atoms with Crippen molar-refractivity contribution in [1.29, 1.82) is 0 Å². The van der Waals surface area contributed by atoms with Gasteiger partial charge < -0.3 is 31.0 Å². The second kappa shape index (κ2) is 14.0. The van der Waals surface area contributed by atoms with Crippen LogP contribution in [-0.2, 0) is 9.53 Å². The third-order valence-corrected chi connectivity index (χ3v) is 10.7. The van der Waals surface area contributed by atoms with Gasteiger partial charge in [-0.25, -0.2) is 9.78 Å². The number of aliphatic imine (C=N–C) groups is 1. The summed E-state index contributed by atoms with van der Waals surface area (Å²) in [6, 6.07) is 18.6. The van der Waals surface area contributed by atoms with E-state index in [4.69, 9.17) is 15.5 Å². The van der Waals surface area contributed by atoms with Gasteiger partial charge in [0.2, 0.25) is 5.91 Å². The molecule has 3 fully saturated rings. The first-order valence-electron chi connectivity index (χ1n) is 17.7. The number of methoxy groups -OCH3 is 1. The van der Waals surface area contributed by atoms with Crippen LogP contribution in [0.3, 0.4) is 0 Å². The molecule has 49 heavy (non-hydrogen) atoms. The Balaban J connectivity index is 1.09. The Kier molecular flexibility index (Phi) is 9.40. The molecule has 2 amide bonds. The number of ether oxygens (including phenoxy) is 1. The van der Waals surface area contributed by atoms with Crippen LogP contribution in [0, 0.1) is 11.8 Å². The maximum absolute atomic E-state index is 14.0. The van der Waals surface area contributed by atoms with Crippen molar-refractivity contribution in [2.75, 3.05) is 19.4 Å². The van der Waals surface area contributed by atoms with Crippen LogP contribution in [0.25, 0.3) is 33.2 Å². The number of likely N-dealkylation sites (tertiary alicyclic amines) is 1. The Morgan fingerprint density at radius 3 is 2.47 bits per heavy atom. The molecule has 10 heteroatoms. The van der Waals surface area contributed by atoms with Crippen molar-refractivity contribution in [2.45, 2.75) is 83.0 Å². The van der Waals surface area contributed by atoms with Crippen molar-refractivity contribution >= 4 is 40.4 Å². The quantitative estimate of drug-likeness (QED) is 0.117.